The number of nitrogens with one attached hydrogen (secondary N) is 1. The number of hydrogen-bond acceptors (Lipinski definition) is 4. The zero-order chi connectivity index (χ0) is 14.4. The first-order chi connectivity index (χ1) is 9.67. The molecule has 2 N–H and O–H groups in total. The Labute approximate surface area is 124 Å². The molecule has 1 heterocycles. The Bertz CT molecular complexity index is 275. The highest BCUT2D eigenvalue weighted by molar-refractivity contribution is 4.87. The average molecular weight is 283 g/mol. The fraction of sp³-hybridized carbons (Fsp3) is 1.00. The van der Waals surface area contributed by atoms with Gasteiger partial charge in [0, 0.05) is 37.8 Å². The monoisotopic (exact) mass is 283 g/mol. The summed E-state index contributed by atoms with van der Waals surface area (Å²) < 4.78 is 0. The van der Waals surface area contributed by atoms with Crippen LogP contribution >= 0.6 is 0 Å². The third kappa shape index (κ3) is 4.99. The van der Waals surface area contributed by atoms with Gasteiger partial charge in [0.05, 0.1) is 6.61 Å². The first-order valence-electron chi connectivity index (χ1n) is 8.49. The molecule has 1 saturated carbocycles. The van der Waals surface area contributed by atoms with Gasteiger partial charge in [0.2, 0.25) is 0 Å². The second kappa shape index (κ2) is 7.74. The molecule has 4 nitrogen and oxygen atoms in total. The number of piperazine rings is 1. The van der Waals surface area contributed by atoms with E-state index in [9.17, 15) is 5.11 Å². The summed E-state index contributed by atoms with van der Waals surface area (Å²) in [4.78, 5) is 5.28. The lowest BCUT2D eigenvalue weighted by atomic mass is 9.95. The Kier molecular flexibility index (Phi) is 6.27. The molecule has 2 aliphatic rings. The normalized spacial score (nSPS) is 24.8. The topological polar surface area (TPSA) is 38.7 Å². The van der Waals surface area contributed by atoms with Gasteiger partial charge in [0.1, 0.15) is 0 Å². The summed E-state index contributed by atoms with van der Waals surface area (Å²) in [5.41, 5.74) is -0.0839. The maximum Gasteiger partial charge on any atom is 0.0610 e. The van der Waals surface area contributed by atoms with E-state index in [4.69, 9.17) is 0 Å². The van der Waals surface area contributed by atoms with E-state index < -0.39 is 0 Å². The Morgan fingerprint density at radius 3 is 2.40 bits per heavy atom. The van der Waals surface area contributed by atoms with Crippen LogP contribution in [0.1, 0.15) is 46.0 Å². The third-order valence-corrected chi connectivity index (χ3v) is 4.88. The van der Waals surface area contributed by atoms with Gasteiger partial charge in [-0.25, -0.2) is 0 Å². The van der Waals surface area contributed by atoms with Crippen molar-refractivity contribution in [2.24, 2.45) is 0 Å². The number of unbranched alkanes of at least 4 members (excludes halogenated alkanes) is 1. The standard InChI is InChI=1S/C16H33N3O/c1-3-17-16(2,14-20)8-4-5-9-18-10-12-19(13-11-18)15-6-7-15/h15,17,20H,3-14H2,1-2H3. The molecule has 1 atom stereocenters. The Morgan fingerprint density at radius 2 is 1.85 bits per heavy atom. The molecule has 0 bridgehead atoms. The minimum Gasteiger partial charge on any atom is -0.394 e. The summed E-state index contributed by atoms with van der Waals surface area (Å²) in [5, 5.41) is 12.9. The van der Waals surface area contributed by atoms with Gasteiger partial charge in [0.15, 0.2) is 0 Å². The predicted octanol–water partition coefficient (Wildman–Crippen LogP) is 1.30. The van der Waals surface area contributed by atoms with Crippen molar-refractivity contribution in [1.29, 1.82) is 0 Å². The minimum atomic E-state index is -0.0839. The Morgan fingerprint density at radius 1 is 1.15 bits per heavy atom. The van der Waals surface area contributed by atoms with Crippen LogP contribution in [0.5, 0.6) is 0 Å². The summed E-state index contributed by atoms with van der Waals surface area (Å²) >= 11 is 0. The first-order valence-corrected chi connectivity index (χ1v) is 8.49. The predicted molar refractivity (Wildman–Crippen MR) is 84.1 cm³/mol. The van der Waals surface area contributed by atoms with Crippen LogP contribution in [0.2, 0.25) is 0 Å². The van der Waals surface area contributed by atoms with Crippen LogP contribution in [0.25, 0.3) is 0 Å². The van der Waals surface area contributed by atoms with Crippen molar-refractivity contribution in [2.45, 2.75) is 57.5 Å². The Balaban J connectivity index is 1.54. The molecule has 1 saturated heterocycles. The van der Waals surface area contributed by atoms with Gasteiger partial charge in [-0.3, -0.25) is 4.90 Å². The van der Waals surface area contributed by atoms with Crippen molar-refractivity contribution in [3.8, 4) is 0 Å². The fourth-order valence-electron chi connectivity index (χ4n) is 3.29. The molecule has 0 radical (unpaired) electrons. The zero-order valence-electron chi connectivity index (χ0n) is 13.4. The summed E-state index contributed by atoms with van der Waals surface area (Å²) in [7, 11) is 0. The number of rotatable bonds is 9. The van der Waals surface area contributed by atoms with E-state index in [-0.39, 0.29) is 12.1 Å². The number of nitrogens with zero attached hydrogens (tertiary/aromatic N) is 2. The summed E-state index contributed by atoms with van der Waals surface area (Å²) in [6.07, 6.45) is 6.39. The van der Waals surface area contributed by atoms with Gasteiger partial charge >= 0.3 is 0 Å². The smallest absolute Gasteiger partial charge is 0.0610 e. The molecule has 1 aliphatic heterocycles. The maximum absolute atomic E-state index is 9.47. The molecule has 1 aliphatic carbocycles. The SMILES string of the molecule is CCNC(C)(CO)CCCCN1CCN(C2CC2)CC1. The van der Waals surface area contributed by atoms with Crippen LogP contribution in [0.3, 0.4) is 0 Å². The number of likely N-dealkylation sites (N-methyl/N-ethyl adjacent to an activating group) is 1. The Hall–Kier alpha value is -0.160. The highest BCUT2D eigenvalue weighted by Gasteiger charge is 2.31. The van der Waals surface area contributed by atoms with E-state index >= 15 is 0 Å². The first kappa shape index (κ1) is 16.2. The maximum atomic E-state index is 9.47. The van der Waals surface area contributed by atoms with Crippen LogP contribution in [-0.4, -0.2) is 72.4 Å². The zero-order valence-corrected chi connectivity index (χ0v) is 13.4. The molecule has 0 amide bonds. The van der Waals surface area contributed by atoms with E-state index in [2.05, 4.69) is 29.0 Å². The lowest BCUT2D eigenvalue weighted by Gasteiger charge is -2.35. The van der Waals surface area contributed by atoms with Crippen molar-refractivity contribution in [3.63, 3.8) is 0 Å². The molecule has 0 aromatic heterocycles. The van der Waals surface area contributed by atoms with Crippen molar-refractivity contribution >= 4 is 0 Å². The van der Waals surface area contributed by atoms with E-state index in [1.54, 1.807) is 0 Å². The highest BCUT2D eigenvalue weighted by atomic mass is 16.3. The minimum absolute atomic E-state index is 0.0839. The quantitative estimate of drug-likeness (QED) is 0.626. The molecular formula is C16H33N3O. The van der Waals surface area contributed by atoms with Crippen LogP contribution in [-0.2, 0) is 0 Å². The molecule has 20 heavy (non-hydrogen) atoms. The molecule has 0 aromatic carbocycles. The second-order valence-corrected chi connectivity index (χ2v) is 6.81. The van der Waals surface area contributed by atoms with Gasteiger partial charge < -0.3 is 15.3 Å². The van der Waals surface area contributed by atoms with Crippen LogP contribution in [0.15, 0.2) is 0 Å². The van der Waals surface area contributed by atoms with E-state index in [1.165, 1.54) is 58.4 Å². The molecule has 4 heteroatoms. The van der Waals surface area contributed by atoms with Gasteiger partial charge in [-0.15, -0.1) is 0 Å². The van der Waals surface area contributed by atoms with Crippen LogP contribution < -0.4 is 5.32 Å². The van der Waals surface area contributed by atoms with E-state index in [1.807, 2.05) is 0 Å². The van der Waals surface area contributed by atoms with E-state index in [0.717, 1.165) is 19.0 Å². The van der Waals surface area contributed by atoms with Gasteiger partial charge in [-0.05, 0) is 45.7 Å². The molecule has 2 rings (SSSR count). The molecule has 118 valence electrons. The third-order valence-electron chi connectivity index (χ3n) is 4.88. The van der Waals surface area contributed by atoms with Crippen molar-refractivity contribution in [2.75, 3.05) is 45.9 Å². The molecule has 2 fully saturated rings. The van der Waals surface area contributed by atoms with Crippen LogP contribution in [0, 0.1) is 0 Å². The second-order valence-electron chi connectivity index (χ2n) is 6.81. The summed E-state index contributed by atoms with van der Waals surface area (Å²) in [6, 6.07) is 0.933. The van der Waals surface area contributed by atoms with E-state index in [0.29, 0.717) is 0 Å². The molecule has 0 aromatic rings. The largest absolute Gasteiger partial charge is 0.394 e. The molecule has 0 spiro atoms. The highest BCUT2D eigenvalue weighted by Crippen LogP contribution is 2.27. The van der Waals surface area contributed by atoms with Crippen molar-refractivity contribution in [1.82, 2.24) is 15.1 Å². The summed E-state index contributed by atoms with van der Waals surface area (Å²) in [5.74, 6) is 0. The van der Waals surface area contributed by atoms with Crippen LogP contribution in [0.4, 0.5) is 0 Å². The van der Waals surface area contributed by atoms with Gasteiger partial charge in [-0.2, -0.15) is 0 Å². The average Bonchev–Trinajstić information content (AvgIpc) is 3.29. The van der Waals surface area contributed by atoms with Gasteiger partial charge in [0.25, 0.3) is 0 Å². The van der Waals surface area contributed by atoms with Crippen molar-refractivity contribution in [3.05, 3.63) is 0 Å². The number of aliphatic hydroxyl groups is 1. The fourth-order valence-corrected chi connectivity index (χ4v) is 3.29. The molecule has 1 unspecified atom stereocenters. The number of aliphatic hydroxyl groups excluding tert-OH is 1. The summed E-state index contributed by atoms with van der Waals surface area (Å²) in [6.45, 7) is 11.7. The lowest BCUT2D eigenvalue weighted by molar-refractivity contribution is 0.122. The number of hydrogen-bond donors (Lipinski definition) is 2. The van der Waals surface area contributed by atoms with Gasteiger partial charge in [-0.1, -0.05) is 13.3 Å². The molecular weight excluding hydrogens is 250 g/mol. The lowest BCUT2D eigenvalue weighted by Crippen LogP contribution is -2.47. The van der Waals surface area contributed by atoms with Crippen molar-refractivity contribution < 1.29 is 5.11 Å².